The van der Waals surface area contributed by atoms with Gasteiger partial charge in [0, 0.05) is 0 Å². The number of imide groups is 1. The number of amides is 2. The molecular formula is C18H14N2O2Se. The second kappa shape index (κ2) is 6.00. The molecule has 0 saturated carbocycles. The fourth-order valence-corrected chi connectivity index (χ4v) is 4.18. The van der Waals surface area contributed by atoms with E-state index in [4.69, 9.17) is 5.26 Å². The number of carbonyl (C=O) groups excluding carboxylic acids is 2. The van der Waals surface area contributed by atoms with Gasteiger partial charge in [-0.3, -0.25) is 0 Å². The third-order valence-electron chi connectivity index (χ3n) is 4.07. The van der Waals surface area contributed by atoms with Gasteiger partial charge < -0.3 is 0 Å². The predicted molar refractivity (Wildman–Crippen MR) is 88.2 cm³/mol. The standard InChI is InChI=1S/C18H14N2O2Se/c1-18(11-23-12-19)15-10-6-5-9-14(15)16(21)20(17(18)22)13-7-3-2-4-8-13/h2-10H,11H2,1H3. The summed E-state index contributed by atoms with van der Waals surface area (Å²) in [6.07, 6.45) is 0. The van der Waals surface area contributed by atoms with E-state index in [-0.39, 0.29) is 26.8 Å². The Balaban J connectivity index is 2.18. The molecule has 1 unspecified atom stereocenters. The molecule has 4 nitrogen and oxygen atoms in total. The zero-order valence-electron chi connectivity index (χ0n) is 12.5. The van der Waals surface area contributed by atoms with Gasteiger partial charge in [-0.2, -0.15) is 0 Å². The van der Waals surface area contributed by atoms with Gasteiger partial charge in [-0.15, -0.1) is 0 Å². The van der Waals surface area contributed by atoms with E-state index in [9.17, 15) is 9.59 Å². The molecule has 0 aliphatic carbocycles. The van der Waals surface area contributed by atoms with E-state index in [1.165, 1.54) is 4.90 Å². The van der Waals surface area contributed by atoms with E-state index >= 15 is 0 Å². The van der Waals surface area contributed by atoms with E-state index < -0.39 is 5.41 Å². The summed E-state index contributed by atoms with van der Waals surface area (Å²) in [6, 6.07) is 16.1. The normalized spacial score (nSPS) is 20.1. The van der Waals surface area contributed by atoms with Crippen LogP contribution in [0.2, 0.25) is 5.32 Å². The van der Waals surface area contributed by atoms with Gasteiger partial charge in [-0.1, -0.05) is 0 Å². The van der Waals surface area contributed by atoms with Crippen LogP contribution < -0.4 is 4.90 Å². The molecule has 0 radical (unpaired) electrons. The molecule has 0 bridgehead atoms. The first-order valence-electron chi connectivity index (χ1n) is 7.14. The van der Waals surface area contributed by atoms with Crippen molar-refractivity contribution in [2.24, 2.45) is 0 Å². The number of carbonyl (C=O) groups is 2. The molecule has 1 aliphatic heterocycles. The number of hydrogen-bond acceptors (Lipinski definition) is 3. The predicted octanol–water partition coefficient (Wildman–Crippen LogP) is 2.73. The Kier molecular flexibility index (Phi) is 4.04. The van der Waals surface area contributed by atoms with Crippen LogP contribution in [-0.2, 0) is 10.2 Å². The van der Waals surface area contributed by atoms with Crippen molar-refractivity contribution >= 4 is 32.5 Å². The summed E-state index contributed by atoms with van der Waals surface area (Å²) in [5.74, 6) is -0.566. The zero-order valence-corrected chi connectivity index (χ0v) is 14.2. The maximum absolute atomic E-state index is 13.1. The van der Waals surface area contributed by atoms with Crippen LogP contribution in [-0.4, -0.2) is 26.8 Å². The number of benzene rings is 2. The Morgan fingerprint density at radius 3 is 2.43 bits per heavy atom. The van der Waals surface area contributed by atoms with Crippen molar-refractivity contribution in [2.45, 2.75) is 17.7 Å². The quantitative estimate of drug-likeness (QED) is 0.618. The molecule has 0 N–H and O–H groups in total. The molecule has 1 heterocycles. The van der Waals surface area contributed by atoms with Crippen molar-refractivity contribution in [2.75, 3.05) is 4.90 Å². The van der Waals surface area contributed by atoms with Gasteiger partial charge in [0.15, 0.2) is 0 Å². The Morgan fingerprint density at radius 1 is 1.09 bits per heavy atom. The minimum absolute atomic E-state index is 0.260. The van der Waals surface area contributed by atoms with E-state index in [1.54, 1.807) is 36.4 Å². The van der Waals surface area contributed by atoms with Gasteiger partial charge in [-0.25, -0.2) is 0 Å². The summed E-state index contributed by atoms with van der Waals surface area (Å²) in [6.45, 7) is 1.83. The first-order chi connectivity index (χ1) is 11.1. The first kappa shape index (κ1) is 15.5. The van der Waals surface area contributed by atoms with Gasteiger partial charge in [0.25, 0.3) is 0 Å². The number of para-hydroxylation sites is 1. The Bertz CT molecular complexity index is 813. The van der Waals surface area contributed by atoms with Crippen molar-refractivity contribution < 1.29 is 9.59 Å². The molecule has 0 fully saturated rings. The summed E-state index contributed by atoms with van der Waals surface area (Å²) >= 11 is -0.319. The Morgan fingerprint density at radius 2 is 1.74 bits per heavy atom. The summed E-state index contributed by atoms with van der Waals surface area (Å²) in [4.78, 5) is 29.4. The number of nitrogens with zero attached hydrogens (tertiary/aromatic N) is 2. The number of fused-ring (bicyclic) bond motifs is 1. The molecule has 114 valence electrons. The van der Waals surface area contributed by atoms with Crippen LogP contribution in [0, 0.1) is 10.2 Å². The molecule has 0 saturated heterocycles. The number of rotatable bonds is 3. The van der Waals surface area contributed by atoms with Crippen molar-refractivity contribution in [3.63, 3.8) is 0 Å². The van der Waals surface area contributed by atoms with Gasteiger partial charge in [0.1, 0.15) is 0 Å². The van der Waals surface area contributed by atoms with E-state index in [0.717, 1.165) is 5.56 Å². The average Bonchev–Trinajstić information content (AvgIpc) is 2.59. The number of anilines is 1. The summed E-state index contributed by atoms with van der Waals surface area (Å²) in [5, 5.41) is 9.41. The Hall–Kier alpha value is -2.41. The summed E-state index contributed by atoms with van der Waals surface area (Å²) in [7, 11) is 0. The van der Waals surface area contributed by atoms with Crippen molar-refractivity contribution in [1.82, 2.24) is 0 Å². The number of nitriles is 1. The molecule has 0 spiro atoms. The molecule has 0 aromatic heterocycles. The monoisotopic (exact) mass is 370 g/mol. The topological polar surface area (TPSA) is 61.2 Å². The molecule has 2 aromatic rings. The maximum atomic E-state index is 13.1. The fourth-order valence-electron chi connectivity index (χ4n) is 2.85. The molecule has 2 amide bonds. The molecule has 1 atom stereocenters. The van der Waals surface area contributed by atoms with Crippen LogP contribution in [0.4, 0.5) is 5.69 Å². The van der Waals surface area contributed by atoms with Crippen molar-refractivity contribution in [3.8, 4) is 4.97 Å². The SMILES string of the molecule is CC1(C[Se]C#N)C(=O)N(c2ccccc2)C(=O)c2ccccc21. The number of hydrogen-bond donors (Lipinski definition) is 0. The molecule has 1 aliphatic rings. The van der Waals surface area contributed by atoms with E-state index in [1.807, 2.05) is 25.1 Å². The molecular weight excluding hydrogens is 355 g/mol. The van der Waals surface area contributed by atoms with E-state index in [2.05, 4.69) is 4.97 Å². The first-order valence-corrected chi connectivity index (χ1v) is 9.20. The second-order valence-corrected chi connectivity index (χ2v) is 7.13. The van der Waals surface area contributed by atoms with Gasteiger partial charge in [0.2, 0.25) is 0 Å². The molecule has 2 aromatic carbocycles. The van der Waals surface area contributed by atoms with E-state index in [0.29, 0.717) is 16.6 Å². The van der Waals surface area contributed by atoms with Crippen LogP contribution >= 0.6 is 0 Å². The Labute approximate surface area is 140 Å². The summed E-state index contributed by atoms with van der Waals surface area (Å²) < 4.78 is 0. The van der Waals surface area contributed by atoms with Crippen LogP contribution in [0.5, 0.6) is 0 Å². The van der Waals surface area contributed by atoms with Crippen LogP contribution in [0.3, 0.4) is 0 Å². The van der Waals surface area contributed by atoms with Crippen LogP contribution in [0.25, 0.3) is 0 Å². The van der Waals surface area contributed by atoms with Gasteiger partial charge >= 0.3 is 141 Å². The summed E-state index contributed by atoms with van der Waals surface area (Å²) in [5.41, 5.74) is 0.968. The van der Waals surface area contributed by atoms with Crippen LogP contribution in [0.15, 0.2) is 54.6 Å². The molecule has 3 rings (SSSR count). The second-order valence-electron chi connectivity index (χ2n) is 5.54. The average molecular weight is 369 g/mol. The third-order valence-corrected chi connectivity index (χ3v) is 5.85. The van der Waals surface area contributed by atoms with Gasteiger partial charge in [0.05, 0.1) is 0 Å². The zero-order chi connectivity index (χ0) is 16.4. The van der Waals surface area contributed by atoms with Crippen LogP contribution in [0.1, 0.15) is 22.8 Å². The fraction of sp³-hybridized carbons (Fsp3) is 0.167. The molecule has 5 heteroatoms. The van der Waals surface area contributed by atoms with Crippen molar-refractivity contribution in [3.05, 3.63) is 65.7 Å². The minimum atomic E-state index is -0.851. The van der Waals surface area contributed by atoms with Gasteiger partial charge in [-0.05, 0) is 0 Å². The van der Waals surface area contributed by atoms with Crippen molar-refractivity contribution in [1.29, 1.82) is 5.26 Å². The molecule has 23 heavy (non-hydrogen) atoms. The third kappa shape index (κ3) is 2.46.